The van der Waals surface area contributed by atoms with Crippen LogP contribution in [0.15, 0.2) is 12.1 Å². The molecule has 0 radical (unpaired) electrons. The number of aliphatic carboxylic acids is 1. The van der Waals surface area contributed by atoms with Gasteiger partial charge in [0.1, 0.15) is 17.7 Å². The van der Waals surface area contributed by atoms with Gasteiger partial charge in [0.25, 0.3) is 0 Å². The molecular formula is C25H32F3NO6. The maximum Gasteiger partial charge on any atom is 0.490 e. The van der Waals surface area contributed by atoms with E-state index in [1.54, 1.807) is 6.07 Å². The molecule has 3 aliphatic carbocycles. The van der Waals surface area contributed by atoms with Gasteiger partial charge in [0, 0.05) is 30.9 Å². The maximum atomic E-state index is 14.3. The first-order valence-electron chi connectivity index (χ1n) is 12.5. The second-order valence-corrected chi connectivity index (χ2v) is 10.7. The molecule has 1 unspecified atom stereocenters. The van der Waals surface area contributed by atoms with E-state index in [0.717, 1.165) is 45.1 Å². The number of carbonyl (C=O) groups is 1. The largest absolute Gasteiger partial charge is 0.632 e. The van der Waals surface area contributed by atoms with Gasteiger partial charge in [0.05, 0.1) is 18.5 Å². The monoisotopic (exact) mass is 499 g/mol. The number of rotatable bonds is 5. The van der Waals surface area contributed by atoms with Gasteiger partial charge in [-0.25, -0.2) is 4.79 Å². The van der Waals surface area contributed by atoms with Crippen LogP contribution in [-0.2, 0) is 21.4 Å². The van der Waals surface area contributed by atoms with E-state index in [0.29, 0.717) is 24.8 Å². The Labute approximate surface area is 202 Å². The van der Waals surface area contributed by atoms with Crippen LogP contribution in [0.5, 0.6) is 11.5 Å². The molecule has 35 heavy (non-hydrogen) atoms. The van der Waals surface area contributed by atoms with E-state index in [-0.39, 0.29) is 28.0 Å². The SMILES string of the molecule is CCCOC12CCC[C@@H]3Oc4c(O)ccc5c4[C@@]31CC[N@+]([O-])(CC1CC1)[C@@H]2C5.O=C(O)C(F)(F)F. The summed E-state index contributed by atoms with van der Waals surface area (Å²) in [5.41, 5.74) is 1.68. The average Bonchev–Trinajstić information content (AvgIpc) is 3.53. The molecule has 5 aliphatic rings. The summed E-state index contributed by atoms with van der Waals surface area (Å²) in [6.45, 7) is 4.25. The van der Waals surface area contributed by atoms with Gasteiger partial charge in [-0.3, -0.25) is 0 Å². The zero-order valence-electron chi connectivity index (χ0n) is 19.8. The van der Waals surface area contributed by atoms with Gasteiger partial charge in [-0.1, -0.05) is 13.0 Å². The van der Waals surface area contributed by atoms with E-state index in [1.807, 2.05) is 6.07 Å². The van der Waals surface area contributed by atoms with Crippen molar-refractivity contribution in [3.05, 3.63) is 28.5 Å². The van der Waals surface area contributed by atoms with Crippen LogP contribution in [0.4, 0.5) is 13.2 Å². The van der Waals surface area contributed by atoms with E-state index in [2.05, 4.69) is 6.92 Å². The van der Waals surface area contributed by atoms with Crippen LogP contribution in [0.1, 0.15) is 63.0 Å². The molecule has 2 heterocycles. The van der Waals surface area contributed by atoms with E-state index in [1.165, 1.54) is 24.0 Å². The number of hydroxylamine groups is 3. The number of phenolic OH excluding ortho intramolecular Hbond substituents is 1. The third-order valence-corrected chi connectivity index (χ3v) is 8.72. The third kappa shape index (κ3) is 3.62. The first kappa shape index (κ1) is 24.6. The van der Waals surface area contributed by atoms with Crippen molar-refractivity contribution in [2.45, 2.75) is 87.6 Å². The fraction of sp³-hybridized carbons (Fsp3) is 0.720. The summed E-state index contributed by atoms with van der Waals surface area (Å²) >= 11 is 0. The van der Waals surface area contributed by atoms with Crippen molar-refractivity contribution in [1.29, 1.82) is 0 Å². The highest BCUT2D eigenvalue weighted by Gasteiger charge is 2.75. The molecule has 1 spiro atoms. The molecule has 194 valence electrons. The molecule has 0 aromatic heterocycles. The maximum absolute atomic E-state index is 14.3. The number of aromatic hydroxyl groups is 1. The van der Waals surface area contributed by atoms with E-state index in [4.69, 9.17) is 19.4 Å². The van der Waals surface area contributed by atoms with Crippen molar-refractivity contribution in [1.82, 2.24) is 0 Å². The lowest BCUT2D eigenvalue weighted by molar-refractivity contribution is -0.924. The topological polar surface area (TPSA) is 99.0 Å². The van der Waals surface area contributed by atoms with Crippen LogP contribution in [-0.4, -0.2) is 64.4 Å². The number of hydrogen-bond donors (Lipinski definition) is 2. The van der Waals surface area contributed by atoms with Crippen LogP contribution < -0.4 is 4.74 Å². The molecule has 1 aromatic rings. The standard InChI is InChI=1S/C23H31NO4.C2HF3O2/c1-2-12-27-23-9-3-4-19-22(23)10-11-24(26,14-15-5-6-15)18(23)13-16-7-8-17(25)21(28-19)20(16)22;3-2(4,5)1(6)7/h7-8,15,18-19,25H,2-6,9-14H2,1H3;(H,6,7)/t18-,19+,22-,23?,24+;/m1./s1. The molecule has 1 aromatic carbocycles. The van der Waals surface area contributed by atoms with Crippen LogP contribution in [0, 0.1) is 11.1 Å². The number of likely N-dealkylation sites (tertiary alicyclic amines) is 1. The summed E-state index contributed by atoms with van der Waals surface area (Å²) in [7, 11) is 0. The lowest BCUT2D eigenvalue weighted by Crippen LogP contribution is -2.80. The van der Waals surface area contributed by atoms with Crippen molar-refractivity contribution in [3.8, 4) is 11.5 Å². The summed E-state index contributed by atoms with van der Waals surface area (Å²) in [6.07, 6.45) is 2.84. The molecule has 2 N–H and O–H groups in total. The molecule has 2 aliphatic heterocycles. The average molecular weight is 500 g/mol. The summed E-state index contributed by atoms with van der Waals surface area (Å²) in [4.78, 5) is 8.90. The van der Waals surface area contributed by atoms with Gasteiger partial charge >= 0.3 is 12.1 Å². The Kier molecular flexibility index (Phi) is 5.80. The smallest absolute Gasteiger partial charge is 0.490 e. The Balaban J connectivity index is 0.000000320. The molecule has 10 heteroatoms. The minimum atomic E-state index is -5.08. The number of nitrogens with zero attached hydrogens (tertiary/aromatic N) is 1. The van der Waals surface area contributed by atoms with Crippen LogP contribution in [0.2, 0.25) is 0 Å². The van der Waals surface area contributed by atoms with Crippen LogP contribution >= 0.6 is 0 Å². The zero-order valence-corrected chi connectivity index (χ0v) is 19.8. The van der Waals surface area contributed by atoms with Crippen molar-refractivity contribution in [2.24, 2.45) is 5.92 Å². The molecule has 2 bridgehead atoms. The van der Waals surface area contributed by atoms with Crippen LogP contribution in [0.25, 0.3) is 0 Å². The number of halogens is 3. The third-order valence-electron chi connectivity index (χ3n) is 8.72. The Bertz CT molecular complexity index is 1010. The van der Waals surface area contributed by atoms with Gasteiger partial charge in [-0.15, -0.1) is 0 Å². The lowest BCUT2D eigenvalue weighted by Gasteiger charge is -2.68. The number of piperidine rings is 1. The highest BCUT2D eigenvalue weighted by atomic mass is 19.4. The fourth-order valence-corrected chi connectivity index (χ4v) is 7.30. The highest BCUT2D eigenvalue weighted by molar-refractivity contribution is 5.73. The second kappa shape index (κ2) is 8.24. The minimum absolute atomic E-state index is 0.0256. The number of quaternary nitrogens is 1. The van der Waals surface area contributed by atoms with Gasteiger partial charge < -0.3 is 29.5 Å². The van der Waals surface area contributed by atoms with Crippen molar-refractivity contribution >= 4 is 5.97 Å². The van der Waals surface area contributed by atoms with E-state index in [9.17, 15) is 23.5 Å². The van der Waals surface area contributed by atoms with Crippen molar-refractivity contribution < 1.29 is 42.3 Å². The van der Waals surface area contributed by atoms with Crippen molar-refractivity contribution in [2.75, 3.05) is 19.7 Å². The Morgan fingerprint density at radius 3 is 2.63 bits per heavy atom. The fourth-order valence-electron chi connectivity index (χ4n) is 7.30. The number of carboxylic acids is 1. The quantitative estimate of drug-likeness (QED) is 0.460. The number of ether oxygens (including phenoxy) is 2. The molecule has 3 fully saturated rings. The van der Waals surface area contributed by atoms with Crippen LogP contribution in [0.3, 0.4) is 0 Å². The van der Waals surface area contributed by atoms with Gasteiger partial charge in [-0.05, 0) is 50.2 Å². The molecule has 5 atom stereocenters. The summed E-state index contributed by atoms with van der Waals surface area (Å²) < 4.78 is 44.9. The minimum Gasteiger partial charge on any atom is -0.632 e. The molecule has 0 amide bonds. The van der Waals surface area contributed by atoms with Crippen molar-refractivity contribution in [3.63, 3.8) is 0 Å². The number of alkyl halides is 3. The van der Waals surface area contributed by atoms with Gasteiger partial charge in [-0.2, -0.15) is 13.2 Å². The second-order valence-electron chi connectivity index (χ2n) is 10.7. The number of hydrogen-bond acceptors (Lipinski definition) is 5. The number of phenols is 1. The highest BCUT2D eigenvalue weighted by Crippen LogP contribution is 2.67. The molecular weight excluding hydrogens is 467 g/mol. The number of carboxylic acid groups (broad SMARTS) is 1. The first-order valence-corrected chi connectivity index (χ1v) is 12.5. The summed E-state index contributed by atoms with van der Waals surface area (Å²) in [5, 5.41) is 32.0. The van der Waals surface area contributed by atoms with Gasteiger partial charge in [0.2, 0.25) is 0 Å². The molecule has 2 saturated carbocycles. The molecule has 6 rings (SSSR count). The Morgan fingerprint density at radius 1 is 1.29 bits per heavy atom. The predicted octanol–water partition coefficient (Wildman–Crippen LogP) is 4.43. The van der Waals surface area contributed by atoms with E-state index >= 15 is 0 Å². The first-order chi connectivity index (χ1) is 16.5. The summed E-state index contributed by atoms with van der Waals surface area (Å²) in [6, 6.07) is 3.75. The summed E-state index contributed by atoms with van der Waals surface area (Å²) in [5.74, 6) is -1.23. The van der Waals surface area contributed by atoms with Gasteiger partial charge in [0.15, 0.2) is 11.5 Å². The number of benzene rings is 1. The Hall–Kier alpha value is -2.04. The molecule has 7 nitrogen and oxygen atoms in total. The zero-order chi connectivity index (χ0) is 25.2. The predicted molar refractivity (Wildman–Crippen MR) is 119 cm³/mol. The Morgan fingerprint density at radius 2 is 2.00 bits per heavy atom. The van der Waals surface area contributed by atoms with E-state index < -0.39 is 17.7 Å². The lowest BCUT2D eigenvalue weighted by atomic mass is 9.49. The normalized spacial score (nSPS) is 36.5. The molecule has 1 saturated heterocycles.